The Balaban J connectivity index is 0.00000289. The highest BCUT2D eigenvalue weighted by Gasteiger charge is 2.41. The molecule has 1 amide bonds. The topological polar surface area (TPSA) is 82.1 Å². The molecule has 0 saturated carbocycles. The third-order valence-electron chi connectivity index (χ3n) is 5.77. The highest BCUT2D eigenvalue weighted by Crippen LogP contribution is 2.24. The van der Waals surface area contributed by atoms with Crippen LogP contribution < -0.4 is 10.6 Å². The Hall–Kier alpha value is -2.24. The molecule has 0 spiro atoms. The molecular formula is C23H31IN6O2. The van der Waals surface area contributed by atoms with Gasteiger partial charge in [-0.15, -0.1) is 24.0 Å². The number of guanidine groups is 1. The quantitative estimate of drug-likeness (QED) is 0.246. The van der Waals surface area contributed by atoms with E-state index < -0.39 is 0 Å². The number of hydrogen-bond acceptors (Lipinski definition) is 5. The molecule has 2 aliphatic rings. The number of carbonyl (C=O) groups excluding carboxylic acids is 1. The molecule has 2 unspecified atom stereocenters. The van der Waals surface area contributed by atoms with E-state index in [0.29, 0.717) is 24.7 Å². The predicted octanol–water partition coefficient (Wildman–Crippen LogP) is 1.59. The van der Waals surface area contributed by atoms with Gasteiger partial charge in [0.1, 0.15) is 0 Å². The second kappa shape index (κ2) is 12.1. The molecule has 2 N–H and O–H groups in total. The maximum Gasteiger partial charge on any atom is 0.252 e. The average molecular weight is 550 g/mol. The van der Waals surface area contributed by atoms with Gasteiger partial charge in [-0.3, -0.25) is 19.7 Å². The molecular weight excluding hydrogens is 519 g/mol. The van der Waals surface area contributed by atoms with Crippen molar-refractivity contribution in [1.29, 1.82) is 0 Å². The van der Waals surface area contributed by atoms with Crippen molar-refractivity contribution in [2.45, 2.75) is 18.7 Å². The predicted molar refractivity (Wildman–Crippen MR) is 135 cm³/mol. The van der Waals surface area contributed by atoms with Crippen LogP contribution in [0.4, 0.5) is 0 Å². The first-order chi connectivity index (χ1) is 15.2. The number of morpholine rings is 1. The fourth-order valence-corrected chi connectivity index (χ4v) is 4.23. The van der Waals surface area contributed by atoms with E-state index in [1.165, 1.54) is 5.56 Å². The number of rotatable bonds is 6. The summed E-state index contributed by atoms with van der Waals surface area (Å²) in [5.41, 5.74) is 1.89. The van der Waals surface area contributed by atoms with Gasteiger partial charge in [0.2, 0.25) is 0 Å². The van der Waals surface area contributed by atoms with Crippen molar-refractivity contribution in [3.8, 4) is 0 Å². The lowest BCUT2D eigenvalue weighted by atomic mass is 10.1. The molecule has 1 aromatic heterocycles. The Kier molecular flexibility index (Phi) is 9.24. The molecule has 2 aromatic rings. The normalized spacial score (nSPS) is 20.9. The number of hydrogen-bond donors (Lipinski definition) is 2. The summed E-state index contributed by atoms with van der Waals surface area (Å²) >= 11 is 0. The average Bonchev–Trinajstić information content (AvgIpc) is 3.25. The summed E-state index contributed by atoms with van der Waals surface area (Å²) in [5.74, 6) is 0.718. The summed E-state index contributed by atoms with van der Waals surface area (Å²) in [4.78, 5) is 25.3. The number of likely N-dealkylation sites (tertiary alicyclic amines) is 1. The number of pyridine rings is 1. The van der Waals surface area contributed by atoms with E-state index in [1.807, 2.05) is 0 Å². The van der Waals surface area contributed by atoms with Crippen molar-refractivity contribution in [3.05, 3.63) is 66.0 Å². The van der Waals surface area contributed by atoms with E-state index >= 15 is 0 Å². The summed E-state index contributed by atoms with van der Waals surface area (Å²) in [7, 11) is 1.79. The number of nitrogens with zero attached hydrogens (tertiary/aromatic N) is 4. The number of halogens is 1. The van der Waals surface area contributed by atoms with Gasteiger partial charge < -0.3 is 20.3 Å². The van der Waals surface area contributed by atoms with Crippen molar-refractivity contribution in [3.63, 3.8) is 0 Å². The zero-order valence-electron chi connectivity index (χ0n) is 18.3. The van der Waals surface area contributed by atoms with Crippen molar-refractivity contribution in [2.24, 2.45) is 4.99 Å². The Bertz CT molecular complexity index is 883. The minimum absolute atomic E-state index is 0. The number of amides is 1. The van der Waals surface area contributed by atoms with Crippen molar-refractivity contribution in [2.75, 3.05) is 46.4 Å². The molecule has 0 aliphatic carbocycles. The number of fused-ring (bicyclic) bond motifs is 1. The lowest BCUT2D eigenvalue weighted by Gasteiger charge is -2.36. The minimum atomic E-state index is -0.123. The molecule has 4 rings (SSSR count). The molecule has 2 saturated heterocycles. The van der Waals surface area contributed by atoms with Crippen molar-refractivity contribution in [1.82, 2.24) is 25.4 Å². The van der Waals surface area contributed by atoms with Crippen molar-refractivity contribution >= 4 is 35.8 Å². The van der Waals surface area contributed by atoms with E-state index in [0.717, 1.165) is 38.7 Å². The van der Waals surface area contributed by atoms with Crippen molar-refractivity contribution < 1.29 is 9.53 Å². The van der Waals surface area contributed by atoms with Crippen LogP contribution in [0.1, 0.15) is 15.9 Å². The van der Waals surface area contributed by atoms with Crippen LogP contribution in [0.5, 0.6) is 0 Å². The molecule has 0 bridgehead atoms. The van der Waals surface area contributed by atoms with Gasteiger partial charge in [-0.2, -0.15) is 0 Å². The minimum Gasteiger partial charge on any atom is -0.373 e. The summed E-state index contributed by atoms with van der Waals surface area (Å²) in [5, 5.41) is 6.27. The number of aliphatic imine (C=N–C) groups is 1. The summed E-state index contributed by atoms with van der Waals surface area (Å²) in [6, 6.07) is 14.4. The second-order valence-electron chi connectivity index (χ2n) is 7.81. The van der Waals surface area contributed by atoms with Crippen LogP contribution in [0.2, 0.25) is 0 Å². The third kappa shape index (κ3) is 6.17. The second-order valence-corrected chi connectivity index (χ2v) is 7.81. The van der Waals surface area contributed by atoms with Gasteiger partial charge in [0.05, 0.1) is 24.3 Å². The number of nitrogens with one attached hydrogen (secondary N) is 2. The van der Waals surface area contributed by atoms with Crippen LogP contribution in [0.25, 0.3) is 0 Å². The van der Waals surface area contributed by atoms with E-state index in [9.17, 15) is 4.79 Å². The van der Waals surface area contributed by atoms with Crippen LogP contribution in [-0.2, 0) is 11.3 Å². The molecule has 0 radical (unpaired) electrons. The first-order valence-electron chi connectivity index (χ1n) is 10.8. The van der Waals surface area contributed by atoms with Gasteiger partial charge in [-0.05, 0) is 17.7 Å². The first kappa shape index (κ1) is 24.4. The SMILES string of the molecule is CN=C(NCCNC(=O)c1cccnc1)N1CC2OCCN(Cc3ccccc3)C2C1.I. The maximum atomic E-state index is 12.1. The standard InChI is InChI=1S/C23H30N6O2.HI/c1-24-23(27-11-10-26-22(30)19-8-5-9-25-14-19)29-16-20-21(17-29)31-13-12-28(20)15-18-6-3-2-4-7-18;/h2-9,14,20-21H,10-13,15-17H2,1H3,(H,24,27)(H,26,30);1H. The highest BCUT2D eigenvalue weighted by molar-refractivity contribution is 14.0. The molecule has 2 atom stereocenters. The van der Waals surface area contributed by atoms with Crippen LogP contribution in [0.15, 0.2) is 59.9 Å². The van der Waals surface area contributed by atoms with Gasteiger partial charge in [0.15, 0.2) is 5.96 Å². The first-order valence-corrected chi connectivity index (χ1v) is 10.8. The van der Waals surface area contributed by atoms with Crippen LogP contribution in [0.3, 0.4) is 0 Å². The van der Waals surface area contributed by atoms with Crippen LogP contribution in [0, 0.1) is 0 Å². The molecule has 8 nitrogen and oxygen atoms in total. The van der Waals surface area contributed by atoms with Gasteiger partial charge in [0.25, 0.3) is 5.91 Å². The summed E-state index contributed by atoms with van der Waals surface area (Å²) < 4.78 is 6.07. The van der Waals surface area contributed by atoms with Gasteiger partial charge >= 0.3 is 0 Å². The highest BCUT2D eigenvalue weighted by atomic mass is 127. The third-order valence-corrected chi connectivity index (χ3v) is 5.77. The number of benzene rings is 1. The summed E-state index contributed by atoms with van der Waals surface area (Å²) in [6.45, 7) is 5.43. The fraction of sp³-hybridized carbons (Fsp3) is 0.435. The Morgan fingerprint density at radius 2 is 1.97 bits per heavy atom. The number of carbonyl (C=O) groups is 1. The van der Waals surface area contributed by atoms with E-state index in [1.54, 1.807) is 31.6 Å². The molecule has 172 valence electrons. The monoisotopic (exact) mass is 550 g/mol. The fourth-order valence-electron chi connectivity index (χ4n) is 4.23. The number of aromatic nitrogens is 1. The Morgan fingerprint density at radius 3 is 2.72 bits per heavy atom. The van der Waals surface area contributed by atoms with E-state index in [-0.39, 0.29) is 36.0 Å². The largest absolute Gasteiger partial charge is 0.373 e. The lowest BCUT2D eigenvalue weighted by molar-refractivity contribution is -0.0502. The van der Waals surface area contributed by atoms with E-state index in [2.05, 4.69) is 60.7 Å². The molecule has 2 aliphatic heterocycles. The summed E-state index contributed by atoms with van der Waals surface area (Å²) in [6.07, 6.45) is 3.40. The van der Waals surface area contributed by atoms with Crippen LogP contribution in [-0.4, -0.2) is 85.2 Å². The van der Waals surface area contributed by atoms with Crippen LogP contribution >= 0.6 is 24.0 Å². The zero-order chi connectivity index (χ0) is 21.5. The molecule has 1 aromatic carbocycles. The maximum absolute atomic E-state index is 12.1. The van der Waals surface area contributed by atoms with Gasteiger partial charge in [-0.25, -0.2) is 0 Å². The van der Waals surface area contributed by atoms with E-state index in [4.69, 9.17) is 4.74 Å². The van der Waals surface area contributed by atoms with Gasteiger partial charge in [-0.1, -0.05) is 30.3 Å². The molecule has 3 heterocycles. The molecule has 9 heteroatoms. The lowest BCUT2D eigenvalue weighted by Crippen LogP contribution is -2.50. The Labute approximate surface area is 206 Å². The zero-order valence-corrected chi connectivity index (χ0v) is 20.6. The smallest absolute Gasteiger partial charge is 0.252 e. The molecule has 32 heavy (non-hydrogen) atoms. The van der Waals surface area contributed by atoms with Gasteiger partial charge in [0, 0.05) is 58.7 Å². The number of ether oxygens (including phenoxy) is 1. The molecule has 2 fully saturated rings. The Morgan fingerprint density at radius 1 is 1.16 bits per heavy atom.